The molecule has 1 saturated heterocycles. The molecule has 0 aromatic rings. The monoisotopic (exact) mass is 256 g/mol. The Hall–Kier alpha value is -1.26. The lowest BCUT2D eigenvalue weighted by Gasteiger charge is -2.31. The molecule has 0 aromatic heterocycles. The van der Waals surface area contributed by atoms with Gasteiger partial charge in [-0.15, -0.1) is 0 Å². The predicted octanol–water partition coefficient (Wildman–Crippen LogP) is 2.02. The molecule has 1 fully saturated rings. The van der Waals surface area contributed by atoms with Crippen molar-refractivity contribution in [3.8, 4) is 0 Å². The van der Waals surface area contributed by atoms with E-state index in [0.29, 0.717) is 13.1 Å². The van der Waals surface area contributed by atoms with Crippen molar-refractivity contribution in [3.63, 3.8) is 0 Å². The highest BCUT2D eigenvalue weighted by Crippen LogP contribution is 2.21. The van der Waals surface area contributed by atoms with Gasteiger partial charge in [0, 0.05) is 32.1 Å². The summed E-state index contributed by atoms with van der Waals surface area (Å²) < 4.78 is 0. The topological polar surface area (TPSA) is 60.9 Å². The Morgan fingerprint density at radius 3 is 2.61 bits per heavy atom. The Morgan fingerprint density at radius 1 is 1.44 bits per heavy atom. The zero-order valence-corrected chi connectivity index (χ0v) is 11.6. The summed E-state index contributed by atoms with van der Waals surface area (Å²) in [5.74, 6) is -0.661. The summed E-state index contributed by atoms with van der Waals surface area (Å²) in [6.07, 6.45) is 1.91. The smallest absolute Gasteiger partial charge is 0.320 e. The second-order valence-electron chi connectivity index (χ2n) is 5.27. The van der Waals surface area contributed by atoms with Crippen LogP contribution in [0.5, 0.6) is 0 Å². The van der Waals surface area contributed by atoms with Crippen LogP contribution in [0.2, 0.25) is 0 Å². The zero-order chi connectivity index (χ0) is 13.7. The molecule has 5 heteroatoms. The third-order valence-corrected chi connectivity index (χ3v) is 3.35. The van der Waals surface area contributed by atoms with E-state index in [4.69, 9.17) is 5.11 Å². The molecule has 104 valence electrons. The Balaban J connectivity index is 2.54. The number of urea groups is 1. The molecule has 0 bridgehead atoms. The number of carbonyl (C=O) groups is 2. The second-order valence-corrected chi connectivity index (χ2v) is 5.27. The summed E-state index contributed by atoms with van der Waals surface area (Å²) in [5.41, 5.74) is 0. The number of amides is 2. The van der Waals surface area contributed by atoms with Gasteiger partial charge in [0.2, 0.25) is 0 Å². The first-order chi connectivity index (χ1) is 8.45. The van der Waals surface area contributed by atoms with Crippen LogP contribution in [0.15, 0.2) is 0 Å². The van der Waals surface area contributed by atoms with Crippen LogP contribution in [0.4, 0.5) is 4.79 Å². The first kappa shape index (κ1) is 14.8. The van der Waals surface area contributed by atoms with Gasteiger partial charge in [-0.05, 0) is 32.6 Å². The van der Waals surface area contributed by atoms with Gasteiger partial charge in [0.15, 0.2) is 0 Å². The number of carboxylic acid groups (broad SMARTS) is 1. The molecule has 0 aliphatic carbocycles. The van der Waals surface area contributed by atoms with Crippen LogP contribution in [0.1, 0.15) is 40.0 Å². The van der Waals surface area contributed by atoms with E-state index in [9.17, 15) is 9.59 Å². The highest BCUT2D eigenvalue weighted by Gasteiger charge is 2.30. The first-order valence-corrected chi connectivity index (χ1v) is 6.73. The first-order valence-electron chi connectivity index (χ1n) is 6.73. The van der Waals surface area contributed by atoms with Crippen LogP contribution in [0.25, 0.3) is 0 Å². The number of rotatable bonds is 5. The summed E-state index contributed by atoms with van der Waals surface area (Å²) in [6, 6.07) is 0.246. The summed E-state index contributed by atoms with van der Waals surface area (Å²) >= 11 is 0. The van der Waals surface area contributed by atoms with Gasteiger partial charge in [-0.25, -0.2) is 4.79 Å². The van der Waals surface area contributed by atoms with E-state index in [1.807, 2.05) is 18.7 Å². The van der Waals surface area contributed by atoms with E-state index in [0.717, 1.165) is 19.4 Å². The third-order valence-electron chi connectivity index (χ3n) is 3.35. The molecule has 1 atom stereocenters. The van der Waals surface area contributed by atoms with Crippen molar-refractivity contribution in [2.75, 3.05) is 19.6 Å². The minimum absolute atomic E-state index is 0.0553. The van der Waals surface area contributed by atoms with Gasteiger partial charge in [-0.1, -0.05) is 6.92 Å². The average Bonchev–Trinajstić information content (AvgIpc) is 2.72. The van der Waals surface area contributed by atoms with Gasteiger partial charge in [0.05, 0.1) is 0 Å². The molecule has 1 heterocycles. The van der Waals surface area contributed by atoms with Gasteiger partial charge in [-0.2, -0.15) is 0 Å². The molecule has 1 unspecified atom stereocenters. The number of hydrogen-bond acceptors (Lipinski definition) is 2. The largest absolute Gasteiger partial charge is 0.481 e. The number of likely N-dealkylation sites (tertiary alicyclic amines) is 1. The van der Waals surface area contributed by atoms with Crippen molar-refractivity contribution >= 4 is 12.0 Å². The van der Waals surface area contributed by atoms with E-state index in [1.54, 1.807) is 4.90 Å². The van der Waals surface area contributed by atoms with Crippen LogP contribution < -0.4 is 0 Å². The number of aliphatic carboxylic acids is 1. The van der Waals surface area contributed by atoms with E-state index in [-0.39, 0.29) is 24.4 Å². The molecule has 2 amide bonds. The minimum Gasteiger partial charge on any atom is -0.481 e. The molecule has 1 aliphatic rings. The zero-order valence-electron chi connectivity index (χ0n) is 11.6. The highest BCUT2D eigenvalue weighted by atomic mass is 16.4. The third kappa shape index (κ3) is 3.89. The summed E-state index contributed by atoms with van der Waals surface area (Å²) in [6.45, 7) is 8.11. The standard InChI is InChI=1S/C13H24N2O3/c1-4-6-15(10(2)3)13(18)14-7-5-11(9-14)8-12(16)17/h10-11H,4-9H2,1-3H3,(H,16,17). The number of carbonyl (C=O) groups excluding carboxylic acids is 1. The van der Waals surface area contributed by atoms with E-state index in [1.165, 1.54) is 0 Å². The Kier molecular flexibility index (Phi) is 5.44. The normalized spacial score (nSPS) is 19.3. The Labute approximate surface area is 109 Å². The highest BCUT2D eigenvalue weighted by molar-refractivity contribution is 5.75. The lowest BCUT2D eigenvalue weighted by molar-refractivity contribution is -0.138. The lowest BCUT2D eigenvalue weighted by Crippen LogP contribution is -2.46. The summed E-state index contributed by atoms with van der Waals surface area (Å²) in [7, 11) is 0. The lowest BCUT2D eigenvalue weighted by atomic mass is 10.1. The van der Waals surface area contributed by atoms with Gasteiger partial charge < -0.3 is 14.9 Å². The Bertz CT molecular complexity index is 305. The maximum Gasteiger partial charge on any atom is 0.320 e. The fourth-order valence-corrected chi connectivity index (χ4v) is 2.42. The molecule has 18 heavy (non-hydrogen) atoms. The van der Waals surface area contributed by atoms with Crippen molar-refractivity contribution in [3.05, 3.63) is 0 Å². The molecule has 0 spiro atoms. The molecular formula is C13H24N2O3. The Morgan fingerprint density at radius 2 is 2.11 bits per heavy atom. The van der Waals surface area contributed by atoms with Crippen molar-refractivity contribution in [1.82, 2.24) is 9.80 Å². The maximum atomic E-state index is 12.3. The maximum absolute atomic E-state index is 12.3. The van der Waals surface area contributed by atoms with Crippen LogP contribution in [-0.4, -0.2) is 52.6 Å². The van der Waals surface area contributed by atoms with Crippen LogP contribution in [-0.2, 0) is 4.79 Å². The van der Waals surface area contributed by atoms with Crippen molar-refractivity contribution in [2.24, 2.45) is 5.92 Å². The van der Waals surface area contributed by atoms with E-state index in [2.05, 4.69) is 6.92 Å². The SMILES string of the molecule is CCCN(C(=O)N1CCC(CC(=O)O)C1)C(C)C. The van der Waals surface area contributed by atoms with E-state index < -0.39 is 5.97 Å². The molecule has 1 aliphatic heterocycles. The molecule has 1 rings (SSSR count). The van der Waals surface area contributed by atoms with Gasteiger partial charge in [-0.3, -0.25) is 4.79 Å². The van der Waals surface area contributed by atoms with Crippen LogP contribution >= 0.6 is 0 Å². The predicted molar refractivity (Wildman–Crippen MR) is 69.5 cm³/mol. The van der Waals surface area contributed by atoms with Gasteiger partial charge in [0.1, 0.15) is 0 Å². The fourth-order valence-electron chi connectivity index (χ4n) is 2.42. The molecule has 1 N–H and O–H groups in total. The average molecular weight is 256 g/mol. The molecule has 0 saturated carbocycles. The van der Waals surface area contributed by atoms with Crippen LogP contribution in [0.3, 0.4) is 0 Å². The quantitative estimate of drug-likeness (QED) is 0.818. The van der Waals surface area contributed by atoms with Crippen molar-refractivity contribution in [2.45, 2.75) is 46.1 Å². The molecule has 5 nitrogen and oxygen atoms in total. The van der Waals surface area contributed by atoms with E-state index >= 15 is 0 Å². The second kappa shape index (κ2) is 6.61. The number of hydrogen-bond donors (Lipinski definition) is 1. The number of nitrogens with zero attached hydrogens (tertiary/aromatic N) is 2. The summed E-state index contributed by atoms with van der Waals surface area (Å²) in [4.78, 5) is 26.6. The molecule has 0 aromatic carbocycles. The number of carboxylic acids is 1. The molecule has 0 radical (unpaired) electrons. The summed E-state index contributed by atoms with van der Waals surface area (Å²) in [5, 5.41) is 8.77. The van der Waals surface area contributed by atoms with Gasteiger partial charge in [0.25, 0.3) is 0 Å². The molecular weight excluding hydrogens is 232 g/mol. The van der Waals surface area contributed by atoms with Gasteiger partial charge >= 0.3 is 12.0 Å². The minimum atomic E-state index is -0.774. The fraction of sp³-hybridized carbons (Fsp3) is 0.846. The van der Waals surface area contributed by atoms with Crippen LogP contribution in [0, 0.1) is 5.92 Å². The van der Waals surface area contributed by atoms with Crippen molar-refractivity contribution < 1.29 is 14.7 Å². The van der Waals surface area contributed by atoms with Crippen molar-refractivity contribution in [1.29, 1.82) is 0 Å².